The Morgan fingerprint density at radius 3 is 2.76 bits per heavy atom. The third-order valence-electron chi connectivity index (χ3n) is 3.55. The maximum absolute atomic E-state index is 13.6. The van der Waals surface area contributed by atoms with Crippen molar-refractivity contribution in [1.29, 1.82) is 0 Å². The van der Waals surface area contributed by atoms with E-state index >= 15 is 0 Å². The number of benzene rings is 2. The summed E-state index contributed by atoms with van der Waals surface area (Å²) in [6, 6.07) is 14.6. The molecule has 2 nitrogen and oxygen atoms in total. The quantitative estimate of drug-likeness (QED) is 0.765. The monoisotopic (exact) mass is 344 g/mol. The van der Waals surface area contributed by atoms with Crippen molar-refractivity contribution in [3.05, 3.63) is 76.1 Å². The molecule has 3 aromatic rings. The highest BCUT2D eigenvalue weighted by Crippen LogP contribution is 2.27. The molecule has 1 atom stereocenters. The van der Waals surface area contributed by atoms with Gasteiger partial charge in [-0.3, -0.25) is 4.98 Å². The van der Waals surface area contributed by atoms with Crippen LogP contribution in [0.2, 0.25) is 0 Å². The Labute approximate surface area is 130 Å². The average molecular weight is 345 g/mol. The van der Waals surface area contributed by atoms with Gasteiger partial charge in [0.1, 0.15) is 5.82 Å². The molecule has 0 saturated carbocycles. The summed E-state index contributed by atoms with van der Waals surface area (Å²) in [7, 11) is 0. The predicted molar refractivity (Wildman–Crippen MR) is 86.5 cm³/mol. The highest BCUT2D eigenvalue weighted by molar-refractivity contribution is 9.10. The van der Waals surface area contributed by atoms with Gasteiger partial charge in [0.2, 0.25) is 0 Å². The first kappa shape index (κ1) is 14.2. The third-order valence-corrected chi connectivity index (χ3v) is 4.44. The lowest BCUT2D eigenvalue weighted by Crippen LogP contribution is -2.14. The van der Waals surface area contributed by atoms with Crippen LogP contribution in [-0.4, -0.2) is 4.98 Å². The van der Waals surface area contributed by atoms with Crippen molar-refractivity contribution in [2.75, 3.05) is 0 Å². The molecule has 106 valence electrons. The van der Waals surface area contributed by atoms with Crippen LogP contribution in [0.3, 0.4) is 0 Å². The Kier molecular flexibility index (Phi) is 3.99. The summed E-state index contributed by atoms with van der Waals surface area (Å²) in [5.74, 6) is -0.265. The van der Waals surface area contributed by atoms with Crippen LogP contribution in [0, 0.1) is 5.82 Å². The molecule has 3 rings (SSSR count). The largest absolute Gasteiger partial charge is 0.324 e. The highest BCUT2D eigenvalue weighted by atomic mass is 79.9. The van der Waals surface area contributed by atoms with Gasteiger partial charge in [0.15, 0.2) is 0 Å². The summed E-state index contributed by atoms with van der Waals surface area (Å²) < 4.78 is 14.1. The van der Waals surface area contributed by atoms with E-state index in [0.717, 1.165) is 22.0 Å². The second-order valence-electron chi connectivity index (χ2n) is 4.94. The summed E-state index contributed by atoms with van der Waals surface area (Å²) in [5.41, 5.74) is 9.15. The van der Waals surface area contributed by atoms with Crippen LogP contribution in [0.25, 0.3) is 10.9 Å². The number of aromatic nitrogens is 1. The molecule has 0 fully saturated rings. The van der Waals surface area contributed by atoms with Crippen LogP contribution < -0.4 is 5.73 Å². The lowest BCUT2D eigenvalue weighted by Gasteiger charge is -2.15. The van der Waals surface area contributed by atoms with Crippen molar-refractivity contribution in [3.8, 4) is 0 Å². The minimum absolute atomic E-state index is 0.212. The van der Waals surface area contributed by atoms with E-state index in [9.17, 15) is 4.39 Å². The van der Waals surface area contributed by atoms with Crippen molar-refractivity contribution in [2.45, 2.75) is 12.5 Å². The van der Waals surface area contributed by atoms with Crippen LogP contribution >= 0.6 is 15.9 Å². The second kappa shape index (κ2) is 5.92. The first-order chi connectivity index (χ1) is 10.2. The average Bonchev–Trinajstić information content (AvgIpc) is 2.51. The van der Waals surface area contributed by atoms with Crippen molar-refractivity contribution in [3.63, 3.8) is 0 Å². The van der Waals surface area contributed by atoms with Crippen LogP contribution in [0.1, 0.15) is 17.2 Å². The Morgan fingerprint density at radius 1 is 1.10 bits per heavy atom. The van der Waals surface area contributed by atoms with E-state index in [1.807, 2.05) is 36.4 Å². The number of fused-ring (bicyclic) bond motifs is 1. The Hall–Kier alpha value is -1.78. The first-order valence-electron chi connectivity index (χ1n) is 6.69. The van der Waals surface area contributed by atoms with Gasteiger partial charge in [-0.1, -0.05) is 30.3 Å². The second-order valence-corrected chi connectivity index (χ2v) is 5.73. The summed E-state index contributed by atoms with van der Waals surface area (Å²) in [4.78, 5) is 4.34. The van der Waals surface area contributed by atoms with E-state index in [1.54, 1.807) is 12.3 Å². The maximum atomic E-state index is 13.6. The van der Waals surface area contributed by atoms with Gasteiger partial charge in [0.05, 0.1) is 9.99 Å². The SMILES string of the molecule is NC(Cc1cccc(F)c1Br)c1ccnc2ccccc12. The fourth-order valence-corrected chi connectivity index (χ4v) is 2.92. The standard InChI is InChI=1S/C17H14BrFN2/c18-17-11(4-3-6-14(17)19)10-15(20)12-8-9-21-16-7-2-1-5-13(12)16/h1-9,15H,10,20H2. The van der Waals surface area contributed by atoms with Gasteiger partial charge in [-0.15, -0.1) is 0 Å². The van der Waals surface area contributed by atoms with Gasteiger partial charge in [0.25, 0.3) is 0 Å². The fraction of sp³-hybridized carbons (Fsp3) is 0.118. The minimum Gasteiger partial charge on any atom is -0.324 e. The zero-order valence-corrected chi connectivity index (χ0v) is 12.8. The molecule has 0 spiro atoms. The number of pyridine rings is 1. The fourth-order valence-electron chi connectivity index (χ4n) is 2.49. The molecule has 2 aromatic carbocycles. The van der Waals surface area contributed by atoms with Gasteiger partial charge in [-0.2, -0.15) is 0 Å². The van der Waals surface area contributed by atoms with E-state index in [0.29, 0.717) is 10.9 Å². The smallest absolute Gasteiger partial charge is 0.137 e. The van der Waals surface area contributed by atoms with Gasteiger partial charge in [-0.05, 0) is 51.7 Å². The molecular weight excluding hydrogens is 331 g/mol. The van der Waals surface area contributed by atoms with E-state index in [1.165, 1.54) is 6.07 Å². The molecule has 1 unspecified atom stereocenters. The lowest BCUT2D eigenvalue weighted by atomic mass is 9.97. The topological polar surface area (TPSA) is 38.9 Å². The van der Waals surface area contributed by atoms with E-state index in [4.69, 9.17) is 5.73 Å². The molecule has 0 bridgehead atoms. The molecule has 0 saturated heterocycles. The molecule has 1 heterocycles. The van der Waals surface area contributed by atoms with Crippen molar-refractivity contribution >= 4 is 26.8 Å². The third kappa shape index (κ3) is 2.82. The number of para-hydroxylation sites is 1. The number of halogens is 2. The summed E-state index contributed by atoms with van der Waals surface area (Å²) in [5, 5.41) is 1.04. The lowest BCUT2D eigenvalue weighted by molar-refractivity contribution is 0.614. The normalized spacial score (nSPS) is 12.5. The molecule has 1 aromatic heterocycles. The Balaban J connectivity index is 1.97. The Bertz CT molecular complexity index is 783. The van der Waals surface area contributed by atoms with Crippen molar-refractivity contribution < 1.29 is 4.39 Å². The van der Waals surface area contributed by atoms with Crippen LogP contribution in [0.15, 0.2) is 59.2 Å². The minimum atomic E-state index is -0.265. The zero-order chi connectivity index (χ0) is 14.8. The molecular formula is C17H14BrFN2. The number of nitrogens with zero attached hydrogens (tertiary/aromatic N) is 1. The Morgan fingerprint density at radius 2 is 1.90 bits per heavy atom. The maximum Gasteiger partial charge on any atom is 0.137 e. The summed E-state index contributed by atoms with van der Waals surface area (Å²) in [6.07, 6.45) is 2.32. The number of nitrogens with two attached hydrogens (primary N) is 1. The molecule has 2 N–H and O–H groups in total. The molecule has 0 aliphatic heterocycles. The molecule has 0 aliphatic rings. The molecule has 0 radical (unpaired) electrons. The van der Waals surface area contributed by atoms with Crippen LogP contribution in [-0.2, 0) is 6.42 Å². The molecule has 0 aliphatic carbocycles. The summed E-state index contributed by atoms with van der Waals surface area (Å²) in [6.45, 7) is 0. The zero-order valence-electron chi connectivity index (χ0n) is 11.3. The van der Waals surface area contributed by atoms with Gasteiger partial charge >= 0.3 is 0 Å². The number of rotatable bonds is 3. The number of hydrogen-bond donors (Lipinski definition) is 1. The van der Waals surface area contributed by atoms with E-state index in [-0.39, 0.29) is 11.9 Å². The molecule has 21 heavy (non-hydrogen) atoms. The number of hydrogen-bond acceptors (Lipinski definition) is 2. The highest BCUT2D eigenvalue weighted by Gasteiger charge is 2.14. The molecule has 4 heteroatoms. The molecule has 0 amide bonds. The van der Waals surface area contributed by atoms with Crippen LogP contribution in [0.5, 0.6) is 0 Å². The van der Waals surface area contributed by atoms with E-state index in [2.05, 4.69) is 20.9 Å². The van der Waals surface area contributed by atoms with Crippen molar-refractivity contribution in [1.82, 2.24) is 4.98 Å². The van der Waals surface area contributed by atoms with Gasteiger partial charge in [-0.25, -0.2) is 4.39 Å². The predicted octanol–water partition coefficient (Wildman–Crippen LogP) is 4.38. The first-order valence-corrected chi connectivity index (χ1v) is 7.48. The summed E-state index contributed by atoms with van der Waals surface area (Å²) >= 11 is 3.29. The van der Waals surface area contributed by atoms with E-state index < -0.39 is 0 Å². The van der Waals surface area contributed by atoms with Gasteiger partial charge in [0, 0.05) is 17.6 Å². The van der Waals surface area contributed by atoms with Crippen molar-refractivity contribution in [2.24, 2.45) is 5.73 Å². The van der Waals surface area contributed by atoms with Crippen LogP contribution in [0.4, 0.5) is 4.39 Å². The van der Waals surface area contributed by atoms with Gasteiger partial charge < -0.3 is 5.73 Å².